The monoisotopic (exact) mass is 242 g/mol. The number of hydrogen-bond donors (Lipinski definition) is 1. The van der Waals surface area contributed by atoms with Gasteiger partial charge in [0.15, 0.2) is 0 Å². The van der Waals surface area contributed by atoms with Gasteiger partial charge in [-0.25, -0.2) is 0 Å². The quantitative estimate of drug-likeness (QED) is 0.871. The summed E-state index contributed by atoms with van der Waals surface area (Å²) in [5.74, 6) is 0. The van der Waals surface area contributed by atoms with E-state index in [0.29, 0.717) is 0 Å². The van der Waals surface area contributed by atoms with Gasteiger partial charge in [-0.05, 0) is 49.9 Å². The molecule has 1 heterocycles. The lowest BCUT2D eigenvalue weighted by Gasteiger charge is -2.13. The molecule has 0 atom stereocenters. The summed E-state index contributed by atoms with van der Waals surface area (Å²) in [5, 5.41) is 1.43. The summed E-state index contributed by atoms with van der Waals surface area (Å²) in [6, 6.07) is 9.72. The van der Waals surface area contributed by atoms with Crippen molar-refractivity contribution in [1.29, 1.82) is 0 Å². The van der Waals surface area contributed by atoms with Gasteiger partial charge >= 0.3 is 0 Å². The second kappa shape index (κ2) is 5.15. The van der Waals surface area contributed by atoms with Crippen LogP contribution in [0.5, 0.6) is 0 Å². The maximum absolute atomic E-state index is 5.62. The number of benzene rings is 1. The average Bonchev–Trinajstić information content (AvgIpc) is 3.04. The number of fused-ring (bicyclic) bond motifs is 1. The van der Waals surface area contributed by atoms with Crippen LogP contribution in [0.3, 0.4) is 0 Å². The maximum atomic E-state index is 5.62. The molecule has 0 amide bonds. The van der Waals surface area contributed by atoms with Crippen LogP contribution in [-0.4, -0.2) is 11.1 Å². The first-order chi connectivity index (χ1) is 8.90. The van der Waals surface area contributed by atoms with Gasteiger partial charge in [0.25, 0.3) is 0 Å². The van der Waals surface area contributed by atoms with Crippen molar-refractivity contribution < 1.29 is 0 Å². The van der Waals surface area contributed by atoms with Gasteiger partial charge in [-0.2, -0.15) is 0 Å². The Morgan fingerprint density at radius 1 is 1.17 bits per heavy atom. The van der Waals surface area contributed by atoms with E-state index < -0.39 is 0 Å². The molecule has 2 heteroatoms. The summed E-state index contributed by atoms with van der Waals surface area (Å²) >= 11 is 0. The van der Waals surface area contributed by atoms with Crippen molar-refractivity contribution >= 4 is 10.9 Å². The first-order valence-corrected chi connectivity index (χ1v) is 7.18. The summed E-state index contributed by atoms with van der Waals surface area (Å²) in [6.45, 7) is 0.778. The molecule has 2 aromatic rings. The van der Waals surface area contributed by atoms with E-state index in [-0.39, 0.29) is 0 Å². The summed E-state index contributed by atoms with van der Waals surface area (Å²) in [6.07, 6.45) is 9.92. The molecule has 0 aliphatic heterocycles. The number of aromatic nitrogens is 1. The lowest BCUT2D eigenvalue weighted by Crippen LogP contribution is -2.03. The number of hydrogen-bond acceptors (Lipinski definition) is 1. The summed E-state index contributed by atoms with van der Waals surface area (Å²) < 4.78 is 2.49. The minimum Gasteiger partial charge on any atom is -0.344 e. The molecule has 3 rings (SSSR count). The molecular formula is C16H22N2. The van der Waals surface area contributed by atoms with Gasteiger partial charge in [0.1, 0.15) is 0 Å². The Morgan fingerprint density at radius 2 is 2.00 bits per heavy atom. The van der Waals surface area contributed by atoms with Crippen molar-refractivity contribution in [2.45, 2.75) is 44.6 Å². The van der Waals surface area contributed by atoms with E-state index in [2.05, 4.69) is 35.0 Å². The molecule has 0 saturated heterocycles. The van der Waals surface area contributed by atoms with E-state index in [1.54, 1.807) is 0 Å². The van der Waals surface area contributed by atoms with Crippen molar-refractivity contribution in [2.24, 2.45) is 5.73 Å². The van der Waals surface area contributed by atoms with Crippen molar-refractivity contribution in [2.75, 3.05) is 6.54 Å². The fourth-order valence-corrected chi connectivity index (χ4v) is 3.26. The van der Waals surface area contributed by atoms with Gasteiger partial charge in [-0.3, -0.25) is 0 Å². The third-order valence-electron chi connectivity index (χ3n) is 4.22. The molecule has 1 aliphatic rings. The number of nitrogens with two attached hydrogens (primary N) is 1. The van der Waals surface area contributed by atoms with Crippen LogP contribution in [-0.2, 0) is 6.42 Å². The van der Waals surface area contributed by atoms with E-state index in [9.17, 15) is 0 Å². The molecule has 2 N–H and O–H groups in total. The number of rotatable bonds is 4. The first-order valence-electron chi connectivity index (χ1n) is 7.18. The van der Waals surface area contributed by atoms with Gasteiger partial charge in [0.05, 0.1) is 0 Å². The van der Waals surface area contributed by atoms with Crippen LogP contribution in [0.25, 0.3) is 10.9 Å². The van der Waals surface area contributed by atoms with Crippen LogP contribution in [0.4, 0.5) is 0 Å². The minimum absolute atomic E-state index is 0.729. The Labute approximate surface area is 109 Å². The first kappa shape index (κ1) is 11.8. The van der Waals surface area contributed by atoms with Crippen LogP contribution in [0.15, 0.2) is 30.5 Å². The molecule has 2 nitrogen and oxygen atoms in total. The van der Waals surface area contributed by atoms with E-state index in [4.69, 9.17) is 5.73 Å². The van der Waals surface area contributed by atoms with Crippen LogP contribution in [0.1, 0.15) is 43.7 Å². The Kier molecular flexibility index (Phi) is 3.37. The molecule has 1 aromatic heterocycles. The average molecular weight is 242 g/mol. The predicted octanol–water partition coefficient (Wildman–Crippen LogP) is 3.65. The van der Waals surface area contributed by atoms with Gasteiger partial charge in [0.2, 0.25) is 0 Å². The zero-order chi connectivity index (χ0) is 12.4. The lowest BCUT2D eigenvalue weighted by molar-refractivity contribution is 0.536. The van der Waals surface area contributed by atoms with Crippen molar-refractivity contribution in [3.8, 4) is 0 Å². The Hall–Kier alpha value is -1.28. The molecule has 0 radical (unpaired) electrons. The molecule has 0 spiro atoms. The van der Waals surface area contributed by atoms with Gasteiger partial charge in [-0.1, -0.05) is 25.0 Å². The van der Waals surface area contributed by atoms with Crippen LogP contribution < -0.4 is 5.73 Å². The van der Waals surface area contributed by atoms with Crippen LogP contribution in [0.2, 0.25) is 0 Å². The number of aryl methyl sites for hydroxylation is 1. The molecule has 0 unspecified atom stereocenters. The van der Waals surface area contributed by atoms with E-state index in [1.165, 1.54) is 42.1 Å². The van der Waals surface area contributed by atoms with Crippen molar-refractivity contribution in [3.63, 3.8) is 0 Å². The van der Waals surface area contributed by atoms with E-state index in [1.807, 2.05) is 0 Å². The van der Waals surface area contributed by atoms with Gasteiger partial charge < -0.3 is 10.3 Å². The third kappa shape index (κ3) is 2.05. The summed E-state index contributed by atoms with van der Waals surface area (Å²) in [4.78, 5) is 0. The van der Waals surface area contributed by atoms with Crippen molar-refractivity contribution in [3.05, 3.63) is 36.0 Å². The topological polar surface area (TPSA) is 30.9 Å². The normalized spacial score (nSPS) is 16.7. The summed E-state index contributed by atoms with van der Waals surface area (Å²) in [5.41, 5.74) is 8.49. The minimum atomic E-state index is 0.729. The lowest BCUT2D eigenvalue weighted by atomic mass is 10.1. The van der Waals surface area contributed by atoms with Crippen LogP contribution in [0, 0.1) is 0 Å². The number of nitrogens with zero attached hydrogens (tertiary/aromatic N) is 1. The molecule has 1 fully saturated rings. The highest BCUT2D eigenvalue weighted by molar-refractivity contribution is 5.83. The predicted molar refractivity (Wildman–Crippen MR) is 76.8 cm³/mol. The SMILES string of the molecule is NCCCc1cccc2c1ccn2C1CCCC1. The second-order valence-electron chi connectivity index (χ2n) is 5.40. The molecule has 1 aromatic carbocycles. The highest BCUT2D eigenvalue weighted by Crippen LogP contribution is 2.33. The largest absolute Gasteiger partial charge is 0.344 e. The molecule has 0 bridgehead atoms. The molecular weight excluding hydrogens is 220 g/mol. The Morgan fingerprint density at radius 3 is 2.78 bits per heavy atom. The Bertz CT molecular complexity index is 521. The second-order valence-corrected chi connectivity index (χ2v) is 5.40. The highest BCUT2D eigenvalue weighted by Gasteiger charge is 2.18. The van der Waals surface area contributed by atoms with Crippen LogP contribution >= 0.6 is 0 Å². The summed E-state index contributed by atoms with van der Waals surface area (Å²) in [7, 11) is 0. The maximum Gasteiger partial charge on any atom is 0.0485 e. The van der Waals surface area contributed by atoms with E-state index in [0.717, 1.165) is 25.4 Å². The molecule has 1 saturated carbocycles. The van der Waals surface area contributed by atoms with Gasteiger partial charge in [-0.15, -0.1) is 0 Å². The zero-order valence-electron chi connectivity index (χ0n) is 10.9. The molecule has 1 aliphatic carbocycles. The molecule has 96 valence electrons. The Balaban J connectivity index is 1.97. The van der Waals surface area contributed by atoms with Gasteiger partial charge in [0, 0.05) is 23.1 Å². The molecule has 18 heavy (non-hydrogen) atoms. The fraction of sp³-hybridized carbons (Fsp3) is 0.500. The highest BCUT2D eigenvalue weighted by atomic mass is 15.0. The van der Waals surface area contributed by atoms with E-state index >= 15 is 0 Å². The third-order valence-corrected chi connectivity index (χ3v) is 4.22. The zero-order valence-corrected chi connectivity index (χ0v) is 10.9. The standard InChI is InChI=1S/C16H22N2/c17-11-4-6-13-5-3-9-16-15(13)10-12-18(16)14-7-1-2-8-14/h3,5,9-10,12,14H,1-2,4,6-8,11,17H2. The van der Waals surface area contributed by atoms with Crippen molar-refractivity contribution in [1.82, 2.24) is 4.57 Å². The fourth-order valence-electron chi connectivity index (χ4n) is 3.26. The smallest absolute Gasteiger partial charge is 0.0485 e.